The Bertz CT molecular complexity index is 562. The first-order valence-electron chi connectivity index (χ1n) is 6.31. The molecule has 2 aromatic rings. The topological polar surface area (TPSA) is 42.8 Å². The van der Waals surface area contributed by atoms with Crippen molar-refractivity contribution in [2.75, 3.05) is 14.1 Å². The molecule has 1 heterocycles. The molecule has 0 aliphatic rings. The molecular weight excluding hydrogens is 222 g/mol. The van der Waals surface area contributed by atoms with Gasteiger partial charge >= 0.3 is 0 Å². The average Bonchev–Trinajstić information content (AvgIpc) is 2.79. The summed E-state index contributed by atoms with van der Waals surface area (Å²) in [6.45, 7) is 2.07. The highest BCUT2D eigenvalue weighted by molar-refractivity contribution is 5.83. The van der Waals surface area contributed by atoms with Gasteiger partial charge in [0.05, 0.1) is 18.0 Å². The van der Waals surface area contributed by atoms with E-state index in [1.807, 2.05) is 32.4 Å². The predicted octanol–water partition coefficient (Wildman–Crippen LogP) is 3.32. The highest BCUT2D eigenvalue weighted by Crippen LogP contribution is 2.33. The number of H-pyrrole nitrogens is 1. The summed E-state index contributed by atoms with van der Waals surface area (Å²) in [5, 5.41) is 10.5. The van der Waals surface area contributed by atoms with E-state index < -0.39 is 0 Å². The maximum Gasteiger partial charge on any atom is 0.0675 e. The van der Waals surface area contributed by atoms with Crippen molar-refractivity contribution < 1.29 is 0 Å². The molecule has 0 saturated carbocycles. The van der Waals surface area contributed by atoms with E-state index in [2.05, 4.69) is 35.0 Å². The van der Waals surface area contributed by atoms with Crippen molar-refractivity contribution in [1.29, 1.82) is 5.26 Å². The van der Waals surface area contributed by atoms with E-state index in [0.717, 1.165) is 11.9 Å². The van der Waals surface area contributed by atoms with Gasteiger partial charge in [-0.25, -0.2) is 0 Å². The summed E-state index contributed by atoms with van der Waals surface area (Å²) in [6.07, 6.45) is 2.90. The Labute approximate surface area is 108 Å². The molecule has 0 bridgehead atoms. The van der Waals surface area contributed by atoms with Crippen LogP contribution in [0, 0.1) is 17.2 Å². The zero-order valence-corrected chi connectivity index (χ0v) is 11.1. The first kappa shape index (κ1) is 12.7. The van der Waals surface area contributed by atoms with Gasteiger partial charge in [0.2, 0.25) is 0 Å². The lowest BCUT2D eigenvalue weighted by Gasteiger charge is -2.27. The van der Waals surface area contributed by atoms with Crippen molar-refractivity contribution in [2.24, 2.45) is 5.92 Å². The molecule has 1 aromatic heterocycles. The Morgan fingerprint density at radius 3 is 2.67 bits per heavy atom. The lowest BCUT2D eigenvalue weighted by Crippen LogP contribution is -2.26. The van der Waals surface area contributed by atoms with Crippen LogP contribution in [-0.2, 0) is 0 Å². The number of para-hydroxylation sites is 1. The summed E-state index contributed by atoms with van der Waals surface area (Å²) in [4.78, 5) is 5.42. The second kappa shape index (κ2) is 5.24. The quantitative estimate of drug-likeness (QED) is 0.892. The minimum absolute atomic E-state index is 0.0132. The van der Waals surface area contributed by atoms with Crippen molar-refractivity contribution in [3.05, 3.63) is 36.0 Å². The minimum Gasteiger partial charge on any atom is -0.361 e. The second-order valence-corrected chi connectivity index (χ2v) is 4.84. The molecule has 94 valence electrons. The van der Waals surface area contributed by atoms with Crippen molar-refractivity contribution in [3.63, 3.8) is 0 Å². The lowest BCUT2D eigenvalue weighted by molar-refractivity contribution is 0.243. The van der Waals surface area contributed by atoms with Crippen LogP contribution in [0.2, 0.25) is 0 Å². The normalized spacial score (nSPS) is 14.6. The van der Waals surface area contributed by atoms with Crippen molar-refractivity contribution in [1.82, 2.24) is 9.88 Å². The number of hydrogen-bond donors (Lipinski definition) is 1. The molecule has 2 rings (SSSR count). The van der Waals surface area contributed by atoms with Gasteiger partial charge in [0.15, 0.2) is 0 Å². The van der Waals surface area contributed by atoms with Crippen LogP contribution in [0.4, 0.5) is 0 Å². The molecule has 0 aliphatic heterocycles. The fourth-order valence-electron chi connectivity index (χ4n) is 2.58. The van der Waals surface area contributed by atoms with Crippen LogP contribution in [0.5, 0.6) is 0 Å². The lowest BCUT2D eigenvalue weighted by atomic mass is 9.91. The summed E-state index contributed by atoms with van der Waals surface area (Å²) in [5.41, 5.74) is 2.34. The number of rotatable bonds is 4. The third-order valence-corrected chi connectivity index (χ3v) is 3.48. The van der Waals surface area contributed by atoms with Crippen LogP contribution in [0.25, 0.3) is 10.9 Å². The number of benzene rings is 1. The Kier molecular flexibility index (Phi) is 3.69. The SMILES string of the molecule is CCC(C#N)C(c1c[nH]c2ccccc12)N(C)C. The maximum atomic E-state index is 9.33. The minimum atomic E-state index is 0.0132. The molecule has 0 amide bonds. The number of nitrogens with zero attached hydrogens (tertiary/aromatic N) is 2. The van der Waals surface area contributed by atoms with Crippen LogP contribution in [-0.4, -0.2) is 24.0 Å². The summed E-state index contributed by atoms with van der Waals surface area (Å²) in [6, 6.07) is 10.8. The number of nitrogens with one attached hydrogen (secondary N) is 1. The molecule has 0 aliphatic carbocycles. The van der Waals surface area contributed by atoms with E-state index in [1.165, 1.54) is 10.9 Å². The van der Waals surface area contributed by atoms with Gasteiger partial charge in [-0.1, -0.05) is 25.1 Å². The zero-order chi connectivity index (χ0) is 13.1. The van der Waals surface area contributed by atoms with E-state index in [-0.39, 0.29) is 12.0 Å². The number of fused-ring (bicyclic) bond motifs is 1. The van der Waals surface area contributed by atoms with Gasteiger partial charge in [-0.3, -0.25) is 0 Å². The molecule has 3 heteroatoms. The van der Waals surface area contributed by atoms with Crippen molar-refractivity contribution in [3.8, 4) is 6.07 Å². The van der Waals surface area contributed by atoms with Crippen molar-refractivity contribution in [2.45, 2.75) is 19.4 Å². The van der Waals surface area contributed by atoms with Crippen LogP contribution >= 0.6 is 0 Å². The molecule has 0 spiro atoms. The monoisotopic (exact) mass is 241 g/mol. The molecule has 18 heavy (non-hydrogen) atoms. The van der Waals surface area contributed by atoms with Crippen LogP contribution in [0.15, 0.2) is 30.5 Å². The molecule has 1 aromatic carbocycles. The first-order valence-corrected chi connectivity index (χ1v) is 6.31. The van der Waals surface area contributed by atoms with Gasteiger partial charge in [-0.05, 0) is 32.1 Å². The average molecular weight is 241 g/mol. The summed E-state index contributed by atoms with van der Waals surface area (Å²) >= 11 is 0. The smallest absolute Gasteiger partial charge is 0.0675 e. The molecular formula is C15H19N3. The van der Waals surface area contributed by atoms with Gasteiger partial charge in [0.1, 0.15) is 0 Å². The Morgan fingerprint density at radius 2 is 2.06 bits per heavy atom. The third kappa shape index (κ3) is 2.12. The van der Waals surface area contributed by atoms with Crippen LogP contribution < -0.4 is 0 Å². The van der Waals surface area contributed by atoms with E-state index in [1.54, 1.807) is 0 Å². The van der Waals surface area contributed by atoms with Gasteiger partial charge < -0.3 is 9.88 Å². The van der Waals surface area contributed by atoms with E-state index in [9.17, 15) is 5.26 Å². The van der Waals surface area contributed by atoms with Gasteiger partial charge in [0.25, 0.3) is 0 Å². The van der Waals surface area contributed by atoms with Gasteiger partial charge in [0, 0.05) is 17.1 Å². The number of aromatic amines is 1. The third-order valence-electron chi connectivity index (χ3n) is 3.48. The molecule has 1 N–H and O–H groups in total. The van der Waals surface area contributed by atoms with Gasteiger partial charge in [-0.2, -0.15) is 5.26 Å². The second-order valence-electron chi connectivity index (χ2n) is 4.84. The van der Waals surface area contributed by atoms with Crippen LogP contribution in [0.3, 0.4) is 0 Å². The first-order chi connectivity index (χ1) is 8.69. The number of aromatic nitrogens is 1. The van der Waals surface area contributed by atoms with Crippen molar-refractivity contribution >= 4 is 10.9 Å². The molecule has 2 unspecified atom stereocenters. The zero-order valence-electron chi connectivity index (χ0n) is 11.1. The summed E-state index contributed by atoms with van der Waals surface area (Å²) in [5.74, 6) is 0.0132. The molecule has 0 fully saturated rings. The summed E-state index contributed by atoms with van der Waals surface area (Å²) in [7, 11) is 4.07. The highest BCUT2D eigenvalue weighted by atomic mass is 15.1. The molecule has 2 atom stereocenters. The molecule has 3 nitrogen and oxygen atoms in total. The van der Waals surface area contributed by atoms with E-state index in [0.29, 0.717) is 0 Å². The fraction of sp³-hybridized carbons (Fsp3) is 0.400. The van der Waals surface area contributed by atoms with Crippen LogP contribution in [0.1, 0.15) is 24.9 Å². The Morgan fingerprint density at radius 1 is 1.33 bits per heavy atom. The molecule has 0 saturated heterocycles. The Hall–Kier alpha value is -1.79. The number of hydrogen-bond acceptors (Lipinski definition) is 2. The highest BCUT2D eigenvalue weighted by Gasteiger charge is 2.25. The van der Waals surface area contributed by atoms with E-state index in [4.69, 9.17) is 0 Å². The predicted molar refractivity (Wildman–Crippen MR) is 74.1 cm³/mol. The van der Waals surface area contributed by atoms with Gasteiger partial charge in [-0.15, -0.1) is 0 Å². The number of nitriles is 1. The molecule has 0 radical (unpaired) electrons. The standard InChI is InChI=1S/C15H19N3/c1-4-11(9-16)15(18(2)3)13-10-17-14-8-6-5-7-12(13)14/h5-8,10-11,15,17H,4H2,1-3H3. The Balaban J connectivity index is 2.52. The van der Waals surface area contributed by atoms with E-state index >= 15 is 0 Å². The largest absolute Gasteiger partial charge is 0.361 e. The summed E-state index contributed by atoms with van der Waals surface area (Å²) < 4.78 is 0. The fourth-order valence-corrected chi connectivity index (χ4v) is 2.58. The maximum absolute atomic E-state index is 9.33.